The molecule has 0 bridgehead atoms. The number of amides is 3. The van der Waals surface area contributed by atoms with Gasteiger partial charge in [0.05, 0.1) is 5.69 Å². The summed E-state index contributed by atoms with van der Waals surface area (Å²) in [5.74, 6) is -1.32. The van der Waals surface area contributed by atoms with Crippen molar-refractivity contribution < 1.29 is 14.4 Å². The van der Waals surface area contributed by atoms with Gasteiger partial charge < -0.3 is 5.32 Å². The molecule has 0 radical (unpaired) electrons. The average molecular weight is 430 g/mol. The number of hydrogen-bond acceptors (Lipinski definition) is 7. The second-order valence-corrected chi connectivity index (χ2v) is 7.78. The largest absolute Gasteiger partial charge is 0.324 e. The van der Waals surface area contributed by atoms with E-state index in [0.29, 0.717) is 16.4 Å². The van der Waals surface area contributed by atoms with Gasteiger partial charge >= 0.3 is 0 Å². The van der Waals surface area contributed by atoms with Crippen molar-refractivity contribution in [2.24, 2.45) is 10.3 Å². The molecule has 0 saturated carbocycles. The minimum atomic E-state index is -0.964. The lowest BCUT2D eigenvalue weighted by molar-refractivity contribution is -0.123. The van der Waals surface area contributed by atoms with Crippen LogP contribution in [0.15, 0.2) is 63.8 Å². The molecule has 2 aliphatic rings. The van der Waals surface area contributed by atoms with Gasteiger partial charge in [0.25, 0.3) is 11.8 Å². The fourth-order valence-electron chi connectivity index (χ4n) is 3.27. The molecule has 0 aromatic heterocycles. The summed E-state index contributed by atoms with van der Waals surface area (Å²) < 4.78 is 0. The molecule has 3 amide bonds. The third-order valence-electron chi connectivity index (χ3n) is 4.58. The van der Waals surface area contributed by atoms with E-state index in [1.807, 2.05) is 24.5 Å². The summed E-state index contributed by atoms with van der Waals surface area (Å²) in [5.41, 5.74) is 1.01. The summed E-state index contributed by atoms with van der Waals surface area (Å²) in [5, 5.41) is 12.2. The first kappa shape index (κ1) is 19.4. The van der Waals surface area contributed by atoms with Crippen LogP contribution in [-0.2, 0) is 14.4 Å². The molecule has 2 unspecified atom stereocenters. The SMILES string of the molecule is CSc1cccc(NC(=O)CN2N=NC3C(=O)N(c4cccc(Cl)c4)C(=O)C32)c1. The van der Waals surface area contributed by atoms with Gasteiger partial charge in [-0.3, -0.25) is 19.4 Å². The molecule has 0 spiro atoms. The Bertz CT molecular complexity index is 1030. The van der Waals surface area contributed by atoms with Crippen LogP contribution >= 0.6 is 23.4 Å². The first-order chi connectivity index (χ1) is 14.0. The van der Waals surface area contributed by atoms with Gasteiger partial charge in [-0.15, -0.1) is 11.8 Å². The Labute approximate surface area is 175 Å². The zero-order valence-corrected chi connectivity index (χ0v) is 16.9. The molecule has 2 heterocycles. The minimum absolute atomic E-state index is 0.198. The number of anilines is 2. The summed E-state index contributed by atoms with van der Waals surface area (Å²) in [4.78, 5) is 40.1. The molecular formula is C19H16ClN5O3S. The van der Waals surface area contributed by atoms with E-state index in [4.69, 9.17) is 11.6 Å². The van der Waals surface area contributed by atoms with E-state index in [-0.39, 0.29) is 12.5 Å². The first-order valence-electron chi connectivity index (χ1n) is 8.72. The minimum Gasteiger partial charge on any atom is -0.324 e. The van der Waals surface area contributed by atoms with E-state index in [0.717, 1.165) is 9.80 Å². The summed E-state index contributed by atoms with van der Waals surface area (Å²) in [6.45, 7) is -0.198. The van der Waals surface area contributed by atoms with Crippen LogP contribution in [0.5, 0.6) is 0 Å². The third-order valence-corrected chi connectivity index (χ3v) is 5.54. The number of carbonyl (C=O) groups excluding carboxylic acids is 3. The molecule has 10 heteroatoms. The van der Waals surface area contributed by atoms with E-state index in [2.05, 4.69) is 15.7 Å². The quantitative estimate of drug-likeness (QED) is 0.582. The molecule has 29 heavy (non-hydrogen) atoms. The zero-order valence-electron chi connectivity index (χ0n) is 15.3. The number of fused-ring (bicyclic) bond motifs is 1. The predicted octanol–water partition coefficient (Wildman–Crippen LogP) is 2.99. The fraction of sp³-hybridized carbons (Fsp3) is 0.211. The molecule has 148 valence electrons. The number of hydrogen-bond donors (Lipinski definition) is 1. The molecule has 2 atom stereocenters. The number of carbonyl (C=O) groups is 3. The highest BCUT2D eigenvalue weighted by atomic mass is 35.5. The van der Waals surface area contributed by atoms with Gasteiger partial charge in [-0.2, -0.15) is 5.11 Å². The Morgan fingerprint density at radius 3 is 2.72 bits per heavy atom. The van der Waals surface area contributed by atoms with Crippen molar-refractivity contribution in [1.82, 2.24) is 5.01 Å². The summed E-state index contributed by atoms with van der Waals surface area (Å²) in [6.07, 6.45) is 1.94. The molecule has 1 N–H and O–H groups in total. The fourth-order valence-corrected chi connectivity index (χ4v) is 3.92. The van der Waals surface area contributed by atoms with Gasteiger partial charge in [0.1, 0.15) is 6.54 Å². The van der Waals surface area contributed by atoms with E-state index in [1.165, 1.54) is 11.1 Å². The van der Waals surface area contributed by atoms with E-state index >= 15 is 0 Å². The maximum atomic E-state index is 12.9. The lowest BCUT2D eigenvalue weighted by atomic mass is 10.1. The Morgan fingerprint density at radius 1 is 1.17 bits per heavy atom. The number of imide groups is 1. The van der Waals surface area contributed by atoms with Crippen molar-refractivity contribution in [3.63, 3.8) is 0 Å². The molecule has 1 fully saturated rings. The van der Waals surface area contributed by atoms with Gasteiger partial charge in [-0.05, 0) is 42.7 Å². The van der Waals surface area contributed by atoms with Gasteiger partial charge in [0.2, 0.25) is 5.91 Å². The Balaban J connectivity index is 1.48. The van der Waals surface area contributed by atoms with E-state index in [1.54, 1.807) is 36.0 Å². The lowest BCUT2D eigenvalue weighted by Gasteiger charge is -2.20. The van der Waals surface area contributed by atoms with Crippen molar-refractivity contribution in [1.29, 1.82) is 0 Å². The second kappa shape index (κ2) is 7.84. The molecular weight excluding hydrogens is 414 g/mol. The lowest BCUT2D eigenvalue weighted by Crippen LogP contribution is -2.43. The molecule has 2 aromatic carbocycles. The van der Waals surface area contributed by atoms with Crippen LogP contribution in [0.3, 0.4) is 0 Å². The van der Waals surface area contributed by atoms with Crippen LogP contribution in [0.1, 0.15) is 0 Å². The summed E-state index contributed by atoms with van der Waals surface area (Å²) >= 11 is 7.54. The monoisotopic (exact) mass is 429 g/mol. The molecule has 8 nitrogen and oxygen atoms in total. The van der Waals surface area contributed by atoms with Crippen molar-refractivity contribution in [3.05, 3.63) is 53.6 Å². The van der Waals surface area contributed by atoms with Crippen molar-refractivity contribution in [2.45, 2.75) is 17.0 Å². The van der Waals surface area contributed by atoms with Crippen molar-refractivity contribution >= 4 is 52.5 Å². The summed E-state index contributed by atoms with van der Waals surface area (Å²) in [6, 6.07) is 12.0. The number of nitrogens with zero attached hydrogens (tertiary/aromatic N) is 4. The van der Waals surface area contributed by atoms with Crippen LogP contribution in [0.4, 0.5) is 11.4 Å². The number of thioether (sulfide) groups is 1. The van der Waals surface area contributed by atoms with Gasteiger partial charge in [0, 0.05) is 15.6 Å². The molecule has 1 saturated heterocycles. The van der Waals surface area contributed by atoms with Gasteiger partial charge in [-0.25, -0.2) is 4.90 Å². The average Bonchev–Trinajstić information content (AvgIpc) is 3.21. The smallest absolute Gasteiger partial charge is 0.263 e. The van der Waals surface area contributed by atoms with Crippen LogP contribution in [0.2, 0.25) is 5.02 Å². The van der Waals surface area contributed by atoms with E-state index in [9.17, 15) is 14.4 Å². The normalized spacial score (nSPS) is 20.3. The standard InChI is InChI=1S/C19H16ClN5O3S/c1-29-14-7-3-5-12(9-14)21-15(26)10-24-17-16(22-23-24)18(27)25(19(17)28)13-6-2-4-11(20)8-13/h2-9,16-17H,10H2,1H3,(H,21,26). The molecule has 4 rings (SSSR count). The number of rotatable bonds is 5. The maximum absolute atomic E-state index is 12.9. The van der Waals surface area contributed by atoms with Crippen molar-refractivity contribution in [3.8, 4) is 0 Å². The molecule has 2 aliphatic heterocycles. The highest BCUT2D eigenvalue weighted by Crippen LogP contribution is 2.32. The van der Waals surface area contributed by atoms with Crippen molar-refractivity contribution in [2.75, 3.05) is 23.0 Å². The number of benzene rings is 2. The number of nitrogens with one attached hydrogen (secondary N) is 1. The maximum Gasteiger partial charge on any atom is 0.263 e. The topological polar surface area (TPSA) is 94.4 Å². The van der Waals surface area contributed by atoms with E-state index < -0.39 is 23.9 Å². The molecule has 2 aromatic rings. The third kappa shape index (κ3) is 3.70. The van der Waals surface area contributed by atoms with Crippen LogP contribution in [-0.4, -0.2) is 47.6 Å². The highest BCUT2D eigenvalue weighted by molar-refractivity contribution is 7.98. The highest BCUT2D eigenvalue weighted by Gasteiger charge is 2.55. The first-order valence-corrected chi connectivity index (χ1v) is 10.3. The van der Waals surface area contributed by atoms with Crippen LogP contribution in [0.25, 0.3) is 0 Å². The Hall–Kier alpha value is -2.91. The van der Waals surface area contributed by atoms with Gasteiger partial charge in [0.15, 0.2) is 12.1 Å². The number of halogens is 1. The Morgan fingerprint density at radius 2 is 1.97 bits per heavy atom. The summed E-state index contributed by atoms with van der Waals surface area (Å²) in [7, 11) is 0. The predicted molar refractivity (Wildman–Crippen MR) is 110 cm³/mol. The molecule has 0 aliphatic carbocycles. The van der Waals surface area contributed by atoms with Crippen LogP contribution in [0, 0.1) is 0 Å². The zero-order chi connectivity index (χ0) is 20.5. The second-order valence-electron chi connectivity index (χ2n) is 6.46. The Kier molecular flexibility index (Phi) is 5.25. The van der Waals surface area contributed by atoms with Crippen LogP contribution < -0.4 is 10.2 Å². The van der Waals surface area contributed by atoms with Gasteiger partial charge in [-0.1, -0.05) is 29.0 Å².